The van der Waals surface area contributed by atoms with Crippen LogP contribution in [0.25, 0.3) is 0 Å². The summed E-state index contributed by atoms with van der Waals surface area (Å²) < 4.78 is 11.7. The van der Waals surface area contributed by atoms with Gasteiger partial charge in [0.25, 0.3) is 0 Å². The number of benzene rings is 1. The third kappa shape index (κ3) is 2.59. The molecule has 25 heavy (non-hydrogen) atoms. The highest BCUT2D eigenvalue weighted by molar-refractivity contribution is 5.75. The van der Waals surface area contributed by atoms with E-state index in [-0.39, 0.29) is 5.41 Å². The van der Waals surface area contributed by atoms with Crippen LogP contribution >= 0.6 is 0 Å². The molecule has 3 rings (SSSR count). The van der Waals surface area contributed by atoms with E-state index in [4.69, 9.17) is 9.47 Å². The normalized spacial score (nSPS) is 25.5. The Hall–Kier alpha value is -1.77. The van der Waals surface area contributed by atoms with E-state index in [0.717, 1.165) is 49.0 Å². The second-order valence-corrected chi connectivity index (χ2v) is 8.04. The molecule has 2 atom stereocenters. The molecule has 0 saturated heterocycles. The molecule has 0 radical (unpaired) electrons. The minimum Gasteiger partial charge on any atom is -0.496 e. The van der Waals surface area contributed by atoms with E-state index in [1.54, 1.807) is 14.2 Å². The van der Waals surface area contributed by atoms with Gasteiger partial charge in [0.05, 0.1) is 14.2 Å². The third-order valence-corrected chi connectivity index (χ3v) is 6.53. The van der Waals surface area contributed by atoms with Gasteiger partial charge < -0.3 is 9.47 Å². The van der Waals surface area contributed by atoms with Crippen LogP contribution < -0.4 is 9.47 Å². The molecule has 1 aromatic carbocycles. The summed E-state index contributed by atoms with van der Waals surface area (Å²) >= 11 is 0. The van der Waals surface area contributed by atoms with Crippen LogP contribution in [0, 0.1) is 5.92 Å². The Morgan fingerprint density at radius 2 is 1.96 bits per heavy atom. The van der Waals surface area contributed by atoms with Crippen LogP contribution in [-0.2, 0) is 16.6 Å². The lowest BCUT2D eigenvalue weighted by Gasteiger charge is -2.48. The lowest BCUT2D eigenvalue weighted by Crippen LogP contribution is -2.41. The van der Waals surface area contributed by atoms with Gasteiger partial charge >= 0.3 is 0 Å². The number of allylic oxidation sites excluding steroid dienone is 2. The first kappa shape index (κ1) is 18.0. The van der Waals surface area contributed by atoms with E-state index in [0.29, 0.717) is 11.8 Å². The lowest BCUT2D eigenvalue weighted by atomic mass is 9.56. The van der Waals surface area contributed by atoms with Crippen LogP contribution in [-0.4, -0.2) is 20.5 Å². The summed E-state index contributed by atoms with van der Waals surface area (Å²) in [7, 11) is 3.54. The Morgan fingerprint density at radius 3 is 2.52 bits per heavy atom. The quantitative estimate of drug-likeness (QED) is 0.726. The molecule has 2 aliphatic carbocycles. The van der Waals surface area contributed by atoms with Gasteiger partial charge in [0.1, 0.15) is 17.8 Å². The number of hydrogen-bond donors (Lipinski definition) is 0. The standard InChI is InChI=1S/C22H30O3/c1-13(2)17-11-19(24-5)20-16(21(17)25-6)7-8-18-14(3)15(12-23)9-10-22(18,20)4/h11-13,18H,7-10H2,1-6H3/t18-,22-/m0/s1. The number of aldehydes is 1. The number of ether oxygens (including phenoxy) is 2. The second kappa shape index (κ2) is 6.51. The van der Waals surface area contributed by atoms with Crippen LogP contribution in [0.4, 0.5) is 0 Å². The molecule has 1 aromatic rings. The molecule has 0 fully saturated rings. The van der Waals surface area contributed by atoms with Crippen molar-refractivity contribution in [3.8, 4) is 11.5 Å². The van der Waals surface area contributed by atoms with Gasteiger partial charge in [0.2, 0.25) is 0 Å². The molecule has 136 valence electrons. The van der Waals surface area contributed by atoms with Crippen molar-refractivity contribution in [2.45, 2.75) is 64.7 Å². The molecule has 0 saturated carbocycles. The summed E-state index contributed by atoms with van der Waals surface area (Å²) in [5, 5.41) is 0. The van der Waals surface area contributed by atoms with Crippen molar-refractivity contribution in [2.75, 3.05) is 14.2 Å². The van der Waals surface area contributed by atoms with Crippen molar-refractivity contribution in [1.82, 2.24) is 0 Å². The van der Waals surface area contributed by atoms with Crippen LogP contribution in [0.3, 0.4) is 0 Å². The first-order chi connectivity index (χ1) is 11.9. The SMILES string of the molecule is COc1cc(C(C)C)c(OC)c2c1[C@@]1(C)CCC(C=O)=C(C)[C@@H]1CC2. The molecule has 0 aromatic heterocycles. The molecule has 3 heteroatoms. The molecule has 0 heterocycles. The lowest BCUT2D eigenvalue weighted by molar-refractivity contribution is -0.105. The van der Waals surface area contributed by atoms with Crippen LogP contribution in [0.2, 0.25) is 0 Å². The molecule has 0 bridgehead atoms. The Labute approximate surface area is 151 Å². The molecule has 0 spiro atoms. The van der Waals surface area contributed by atoms with E-state index in [1.165, 1.54) is 22.3 Å². The van der Waals surface area contributed by atoms with Crippen molar-refractivity contribution in [1.29, 1.82) is 0 Å². The van der Waals surface area contributed by atoms with E-state index in [1.807, 2.05) is 0 Å². The number of fused-ring (bicyclic) bond motifs is 3. The van der Waals surface area contributed by atoms with Crippen molar-refractivity contribution in [2.24, 2.45) is 5.92 Å². The largest absolute Gasteiger partial charge is 0.496 e. The highest BCUT2D eigenvalue weighted by Gasteiger charge is 2.47. The maximum Gasteiger partial charge on any atom is 0.145 e. The van der Waals surface area contributed by atoms with Gasteiger partial charge in [-0.3, -0.25) is 4.79 Å². The van der Waals surface area contributed by atoms with Gasteiger partial charge in [-0.1, -0.05) is 26.3 Å². The second-order valence-electron chi connectivity index (χ2n) is 8.04. The number of carbonyl (C=O) groups excluding carboxylic acids is 1. The topological polar surface area (TPSA) is 35.5 Å². The zero-order chi connectivity index (χ0) is 18.4. The Balaban J connectivity index is 2.26. The summed E-state index contributed by atoms with van der Waals surface area (Å²) in [6.45, 7) is 8.88. The number of methoxy groups -OCH3 is 2. The molecular formula is C22H30O3. The number of rotatable bonds is 4. The average Bonchev–Trinajstić information content (AvgIpc) is 2.60. The average molecular weight is 342 g/mol. The summed E-state index contributed by atoms with van der Waals surface area (Å²) in [6, 6.07) is 2.17. The minimum atomic E-state index is -0.00168. The van der Waals surface area contributed by atoms with Gasteiger partial charge in [-0.25, -0.2) is 0 Å². The molecule has 0 unspecified atom stereocenters. The molecule has 3 nitrogen and oxygen atoms in total. The maximum atomic E-state index is 11.4. The minimum absolute atomic E-state index is 0.00168. The first-order valence-electron chi connectivity index (χ1n) is 9.32. The van der Waals surface area contributed by atoms with Crippen molar-refractivity contribution in [3.63, 3.8) is 0 Å². The van der Waals surface area contributed by atoms with Gasteiger partial charge in [-0.2, -0.15) is 0 Å². The Morgan fingerprint density at radius 1 is 1.24 bits per heavy atom. The van der Waals surface area contributed by atoms with Crippen molar-refractivity contribution >= 4 is 6.29 Å². The molecule has 0 N–H and O–H groups in total. The van der Waals surface area contributed by atoms with Crippen molar-refractivity contribution < 1.29 is 14.3 Å². The number of hydrogen-bond acceptors (Lipinski definition) is 3. The maximum absolute atomic E-state index is 11.4. The molecule has 0 aliphatic heterocycles. The van der Waals surface area contributed by atoms with E-state index < -0.39 is 0 Å². The Kier molecular flexibility index (Phi) is 4.70. The summed E-state index contributed by atoms with van der Waals surface area (Å²) in [4.78, 5) is 11.4. The van der Waals surface area contributed by atoms with Gasteiger partial charge in [-0.05, 0) is 56.1 Å². The van der Waals surface area contributed by atoms with Crippen LogP contribution in [0.1, 0.15) is 69.6 Å². The van der Waals surface area contributed by atoms with E-state index in [9.17, 15) is 4.79 Å². The van der Waals surface area contributed by atoms with Crippen LogP contribution in [0.15, 0.2) is 17.2 Å². The van der Waals surface area contributed by atoms with Gasteiger partial charge in [0.15, 0.2) is 0 Å². The van der Waals surface area contributed by atoms with Crippen LogP contribution in [0.5, 0.6) is 11.5 Å². The van der Waals surface area contributed by atoms with Gasteiger partial charge in [0, 0.05) is 22.1 Å². The predicted octanol–water partition coefficient (Wildman–Crippen LogP) is 4.96. The summed E-state index contributed by atoms with van der Waals surface area (Å²) in [6.07, 6.45) is 4.92. The summed E-state index contributed by atoms with van der Waals surface area (Å²) in [5.41, 5.74) is 6.09. The van der Waals surface area contributed by atoms with Gasteiger partial charge in [-0.15, -0.1) is 0 Å². The fourth-order valence-electron chi connectivity index (χ4n) is 5.15. The first-order valence-corrected chi connectivity index (χ1v) is 9.32. The zero-order valence-electron chi connectivity index (χ0n) is 16.4. The fourth-order valence-corrected chi connectivity index (χ4v) is 5.15. The smallest absolute Gasteiger partial charge is 0.145 e. The highest BCUT2D eigenvalue weighted by Crippen LogP contribution is 2.56. The molecule has 2 aliphatic rings. The molecule has 0 amide bonds. The Bertz CT molecular complexity index is 729. The monoisotopic (exact) mass is 342 g/mol. The number of carbonyl (C=O) groups is 1. The fraction of sp³-hybridized carbons (Fsp3) is 0.591. The highest BCUT2D eigenvalue weighted by atomic mass is 16.5. The third-order valence-electron chi connectivity index (χ3n) is 6.53. The molecular weight excluding hydrogens is 312 g/mol. The summed E-state index contributed by atoms with van der Waals surface area (Å²) in [5.74, 6) is 2.80. The van der Waals surface area contributed by atoms with E-state index >= 15 is 0 Å². The van der Waals surface area contributed by atoms with Crippen molar-refractivity contribution in [3.05, 3.63) is 33.9 Å². The zero-order valence-corrected chi connectivity index (χ0v) is 16.4. The predicted molar refractivity (Wildman–Crippen MR) is 101 cm³/mol. The van der Waals surface area contributed by atoms with E-state index in [2.05, 4.69) is 33.8 Å².